The van der Waals surface area contributed by atoms with Crippen LogP contribution in [-0.4, -0.2) is 38.5 Å². The molecule has 1 saturated heterocycles. The summed E-state index contributed by atoms with van der Waals surface area (Å²) in [6.45, 7) is 1.74. The summed E-state index contributed by atoms with van der Waals surface area (Å²) in [4.78, 5) is 10.7. The Morgan fingerprint density at radius 2 is 1.78 bits per heavy atom. The highest BCUT2D eigenvalue weighted by atomic mass is 32.2. The number of nitrogen functional groups attached to an aromatic ring is 1. The number of anilines is 4. The van der Waals surface area contributed by atoms with E-state index < -0.39 is 10.0 Å². The summed E-state index contributed by atoms with van der Waals surface area (Å²) in [5.74, 6) is 1.29. The first-order valence-electron chi connectivity index (χ1n) is 7.18. The van der Waals surface area contributed by atoms with Crippen LogP contribution in [0.3, 0.4) is 0 Å². The minimum Gasteiger partial charge on any atom is -0.399 e. The summed E-state index contributed by atoms with van der Waals surface area (Å²) < 4.78 is 27.3. The molecule has 122 valence electrons. The third kappa shape index (κ3) is 3.29. The number of nitrogens with zero attached hydrogens (tertiary/aromatic N) is 3. The molecule has 1 aliphatic rings. The number of sulfonamides is 1. The average Bonchev–Trinajstić information content (AvgIpc) is 2.45. The Morgan fingerprint density at radius 3 is 2.35 bits per heavy atom. The molecule has 4 N–H and O–H groups in total. The molecule has 23 heavy (non-hydrogen) atoms. The molecule has 0 bridgehead atoms. The lowest BCUT2D eigenvalue weighted by molar-refractivity contribution is 0.598. The van der Waals surface area contributed by atoms with E-state index >= 15 is 0 Å². The first kappa shape index (κ1) is 15.3. The average molecular weight is 334 g/mol. The smallest absolute Gasteiger partial charge is 0.263 e. The third-order valence-electron chi connectivity index (χ3n) is 3.54. The Balaban J connectivity index is 1.90. The van der Waals surface area contributed by atoms with Gasteiger partial charge in [0.2, 0.25) is 5.95 Å². The van der Waals surface area contributed by atoms with Crippen LogP contribution in [0.15, 0.2) is 35.2 Å². The molecule has 0 radical (unpaired) electrons. The van der Waals surface area contributed by atoms with Crippen LogP contribution in [0, 0.1) is 0 Å². The zero-order chi connectivity index (χ0) is 16.4. The van der Waals surface area contributed by atoms with Gasteiger partial charge in [0.05, 0.1) is 4.90 Å². The van der Waals surface area contributed by atoms with Crippen LogP contribution >= 0.6 is 0 Å². The van der Waals surface area contributed by atoms with Crippen LogP contribution in [0.25, 0.3) is 0 Å². The quantitative estimate of drug-likeness (QED) is 0.702. The Bertz CT molecular complexity index is 803. The van der Waals surface area contributed by atoms with E-state index in [0.29, 0.717) is 17.5 Å². The van der Waals surface area contributed by atoms with E-state index in [4.69, 9.17) is 5.73 Å². The third-order valence-corrected chi connectivity index (χ3v) is 4.91. The van der Waals surface area contributed by atoms with E-state index in [0.717, 1.165) is 19.5 Å². The van der Waals surface area contributed by atoms with Gasteiger partial charge in [-0.2, -0.15) is 9.97 Å². The first-order chi connectivity index (χ1) is 11.0. The summed E-state index contributed by atoms with van der Waals surface area (Å²) in [5.41, 5.74) is 6.09. The second-order valence-corrected chi connectivity index (χ2v) is 6.89. The van der Waals surface area contributed by atoms with Crippen molar-refractivity contribution in [1.29, 1.82) is 0 Å². The van der Waals surface area contributed by atoms with Crippen molar-refractivity contribution in [2.45, 2.75) is 11.3 Å². The Morgan fingerprint density at radius 1 is 1.13 bits per heavy atom. The second kappa shape index (κ2) is 5.92. The maximum atomic E-state index is 12.4. The van der Waals surface area contributed by atoms with Crippen molar-refractivity contribution in [3.8, 4) is 0 Å². The normalized spacial score (nSPS) is 14.2. The molecule has 3 rings (SSSR count). The van der Waals surface area contributed by atoms with E-state index in [2.05, 4.69) is 20.0 Å². The molecule has 0 amide bonds. The van der Waals surface area contributed by atoms with Crippen LogP contribution in [0.1, 0.15) is 6.42 Å². The van der Waals surface area contributed by atoms with Crippen LogP contribution in [0.4, 0.5) is 23.3 Å². The summed E-state index contributed by atoms with van der Waals surface area (Å²) in [7, 11) is -2.01. The molecule has 0 unspecified atom stereocenters. The number of hydrogen-bond donors (Lipinski definition) is 3. The highest BCUT2D eigenvalue weighted by Crippen LogP contribution is 2.23. The molecular weight excluding hydrogens is 316 g/mol. The van der Waals surface area contributed by atoms with Gasteiger partial charge in [0.15, 0.2) is 0 Å². The first-order valence-corrected chi connectivity index (χ1v) is 8.66. The molecule has 1 fully saturated rings. The van der Waals surface area contributed by atoms with Crippen molar-refractivity contribution in [1.82, 2.24) is 9.97 Å². The second-order valence-electron chi connectivity index (χ2n) is 5.20. The van der Waals surface area contributed by atoms with Crippen molar-refractivity contribution >= 4 is 33.3 Å². The number of nitrogens with one attached hydrogen (secondary N) is 2. The SMILES string of the molecule is CNc1cc(NS(=O)(=O)c2ccc(N)cc2)nc(N2CCC2)n1. The number of rotatable bonds is 5. The van der Waals surface area contributed by atoms with Gasteiger partial charge in [-0.3, -0.25) is 4.72 Å². The number of benzene rings is 1. The molecule has 0 aliphatic carbocycles. The van der Waals surface area contributed by atoms with Gasteiger partial charge in [-0.05, 0) is 30.7 Å². The van der Waals surface area contributed by atoms with Crippen LogP contribution in [0.2, 0.25) is 0 Å². The highest BCUT2D eigenvalue weighted by molar-refractivity contribution is 7.92. The standard InChI is InChI=1S/C14H18N6O2S/c1-16-12-9-13(18-14(17-12)20-7-2-8-20)19-23(21,22)11-5-3-10(15)4-6-11/h3-6,9H,2,7-8,15H2,1H3,(H2,16,17,18,19). The van der Waals surface area contributed by atoms with Gasteiger partial charge in [0.25, 0.3) is 10.0 Å². The molecule has 1 aliphatic heterocycles. The molecule has 8 nitrogen and oxygen atoms in total. The number of aromatic nitrogens is 2. The van der Waals surface area contributed by atoms with Crippen LogP contribution < -0.4 is 20.7 Å². The molecule has 2 aromatic rings. The molecule has 1 aromatic heterocycles. The predicted molar refractivity (Wildman–Crippen MR) is 90.1 cm³/mol. The van der Waals surface area contributed by atoms with E-state index in [-0.39, 0.29) is 10.7 Å². The van der Waals surface area contributed by atoms with Crippen molar-refractivity contribution in [3.05, 3.63) is 30.3 Å². The molecule has 1 aromatic carbocycles. The molecule has 2 heterocycles. The molecule has 0 spiro atoms. The molecular formula is C14H18N6O2S. The largest absolute Gasteiger partial charge is 0.399 e. The van der Waals surface area contributed by atoms with Crippen LogP contribution in [0.5, 0.6) is 0 Å². The lowest BCUT2D eigenvalue weighted by atomic mass is 10.2. The van der Waals surface area contributed by atoms with Gasteiger partial charge < -0.3 is 16.0 Å². The Hall–Kier alpha value is -2.55. The maximum absolute atomic E-state index is 12.4. The Kier molecular flexibility index (Phi) is 3.95. The Labute approximate surface area is 134 Å². The van der Waals surface area contributed by atoms with Crippen molar-refractivity contribution in [2.75, 3.05) is 40.8 Å². The maximum Gasteiger partial charge on any atom is 0.263 e. The monoisotopic (exact) mass is 334 g/mol. The van der Waals surface area contributed by atoms with E-state index in [1.165, 1.54) is 12.1 Å². The summed E-state index contributed by atoms with van der Waals surface area (Å²) in [6, 6.07) is 7.54. The molecule has 9 heteroatoms. The van der Waals surface area contributed by atoms with E-state index in [1.807, 2.05) is 4.90 Å². The zero-order valence-corrected chi connectivity index (χ0v) is 13.5. The summed E-state index contributed by atoms with van der Waals surface area (Å²) in [6.07, 6.45) is 1.08. The van der Waals surface area contributed by atoms with Gasteiger partial charge in [0, 0.05) is 31.9 Å². The van der Waals surface area contributed by atoms with Gasteiger partial charge in [0.1, 0.15) is 11.6 Å². The minimum absolute atomic E-state index is 0.127. The van der Waals surface area contributed by atoms with Gasteiger partial charge in [-0.1, -0.05) is 0 Å². The fraction of sp³-hybridized carbons (Fsp3) is 0.286. The van der Waals surface area contributed by atoms with Gasteiger partial charge in [-0.15, -0.1) is 0 Å². The van der Waals surface area contributed by atoms with Gasteiger partial charge >= 0.3 is 0 Å². The number of nitrogens with two attached hydrogens (primary N) is 1. The van der Waals surface area contributed by atoms with Crippen molar-refractivity contribution in [3.63, 3.8) is 0 Å². The molecule has 0 saturated carbocycles. The van der Waals surface area contributed by atoms with Crippen molar-refractivity contribution in [2.24, 2.45) is 0 Å². The zero-order valence-electron chi connectivity index (χ0n) is 12.7. The van der Waals surface area contributed by atoms with E-state index in [1.54, 1.807) is 25.2 Å². The lowest BCUT2D eigenvalue weighted by Gasteiger charge is -2.31. The topological polar surface area (TPSA) is 113 Å². The minimum atomic E-state index is -3.73. The fourth-order valence-electron chi connectivity index (χ4n) is 2.12. The van der Waals surface area contributed by atoms with Crippen LogP contribution in [-0.2, 0) is 10.0 Å². The lowest BCUT2D eigenvalue weighted by Crippen LogP contribution is -2.38. The summed E-state index contributed by atoms with van der Waals surface area (Å²) >= 11 is 0. The van der Waals surface area contributed by atoms with E-state index in [9.17, 15) is 8.42 Å². The number of hydrogen-bond acceptors (Lipinski definition) is 7. The molecule has 0 atom stereocenters. The van der Waals surface area contributed by atoms with Crippen molar-refractivity contribution < 1.29 is 8.42 Å². The van der Waals surface area contributed by atoms with Gasteiger partial charge in [-0.25, -0.2) is 8.42 Å². The summed E-state index contributed by atoms with van der Waals surface area (Å²) in [5, 5.41) is 2.91. The fourth-order valence-corrected chi connectivity index (χ4v) is 3.11. The highest BCUT2D eigenvalue weighted by Gasteiger charge is 2.20. The predicted octanol–water partition coefficient (Wildman–Crippen LogP) is 1.11.